The molecule has 4 heteroatoms. The normalized spacial score (nSPS) is 10.8. The second-order valence-corrected chi connectivity index (χ2v) is 4.38. The summed E-state index contributed by atoms with van der Waals surface area (Å²) in [6, 6.07) is 10.2. The third-order valence-electron chi connectivity index (χ3n) is 3.01. The highest BCUT2D eigenvalue weighted by molar-refractivity contribution is 5.23. The van der Waals surface area contributed by atoms with Gasteiger partial charge in [-0.1, -0.05) is 48.9 Å². The second kappa shape index (κ2) is 6.31. The second-order valence-electron chi connectivity index (χ2n) is 4.38. The molecule has 0 radical (unpaired) electrons. The fourth-order valence-electron chi connectivity index (χ4n) is 1.96. The number of hydrogen-bond donors (Lipinski definition) is 1. The first-order chi connectivity index (χ1) is 8.85. The van der Waals surface area contributed by atoms with Crippen molar-refractivity contribution in [2.24, 2.45) is 0 Å². The average Bonchev–Trinajstić information content (AvgIpc) is 2.80. The van der Waals surface area contributed by atoms with Crippen LogP contribution >= 0.6 is 0 Å². The molecule has 0 saturated heterocycles. The van der Waals surface area contributed by atoms with Crippen molar-refractivity contribution in [1.82, 2.24) is 15.0 Å². The maximum Gasteiger partial charge on any atom is 0.112 e. The predicted molar refractivity (Wildman–Crippen MR) is 70.1 cm³/mol. The lowest BCUT2D eigenvalue weighted by Crippen LogP contribution is -2.07. The minimum atomic E-state index is -0.0473. The number of hydrogen-bond acceptors (Lipinski definition) is 3. The van der Waals surface area contributed by atoms with Crippen molar-refractivity contribution in [1.29, 1.82) is 0 Å². The lowest BCUT2D eigenvalue weighted by molar-refractivity contribution is 0.275. The number of unbranched alkanes of at least 4 members (excludes halogenated alkanes) is 1. The molecule has 0 aliphatic rings. The minimum absolute atomic E-state index is 0.0473. The molecule has 1 heterocycles. The molecule has 0 fully saturated rings. The summed E-state index contributed by atoms with van der Waals surface area (Å²) < 4.78 is 1.92. The Morgan fingerprint density at radius 2 is 2.00 bits per heavy atom. The fourth-order valence-corrected chi connectivity index (χ4v) is 1.96. The van der Waals surface area contributed by atoms with E-state index in [2.05, 4.69) is 29.4 Å². The maximum atomic E-state index is 9.32. The van der Waals surface area contributed by atoms with Crippen molar-refractivity contribution >= 4 is 0 Å². The van der Waals surface area contributed by atoms with Gasteiger partial charge in [0.25, 0.3) is 0 Å². The summed E-state index contributed by atoms with van der Waals surface area (Å²) in [6.07, 6.45) is 2.97. The molecule has 0 bridgehead atoms. The Kier molecular flexibility index (Phi) is 4.47. The summed E-state index contributed by atoms with van der Waals surface area (Å²) >= 11 is 0. The maximum absolute atomic E-state index is 9.32. The summed E-state index contributed by atoms with van der Waals surface area (Å²) in [6.45, 7) is 2.97. The van der Waals surface area contributed by atoms with Crippen LogP contribution in [0.25, 0.3) is 0 Å². The lowest BCUT2D eigenvalue weighted by atomic mass is 10.1. The number of aryl methyl sites for hydroxylation is 1. The SMILES string of the molecule is CCCCn1nnc(CO)c1Cc1ccccc1. The Balaban J connectivity index is 2.21. The zero-order valence-corrected chi connectivity index (χ0v) is 10.7. The Bertz CT molecular complexity index is 479. The van der Waals surface area contributed by atoms with Gasteiger partial charge in [0.2, 0.25) is 0 Å². The van der Waals surface area contributed by atoms with Crippen LogP contribution in [0.15, 0.2) is 30.3 Å². The molecule has 1 aromatic carbocycles. The molecule has 0 spiro atoms. The molecule has 0 unspecified atom stereocenters. The zero-order valence-electron chi connectivity index (χ0n) is 10.7. The fraction of sp³-hybridized carbons (Fsp3) is 0.429. The van der Waals surface area contributed by atoms with E-state index in [1.807, 2.05) is 22.9 Å². The average molecular weight is 245 g/mol. The van der Waals surface area contributed by atoms with Gasteiger partial charge in [-0.2, -0.15) is 0 Å². The van der Waals surface area contributed by atoms with Crippen molar-refractivity contribution in [2.75, 3.05) is 0 Å². The van der Waals surface area contributed by atoms with Crippen LogP contribution in [0.5, 0.6) is 0 Å². The Morgan fingerprint density at radius 3 is 2.67 bits per heavy atom. The van der Waals surface area contributed by atoms with Crippen molar-refractivity contribution < 1.29 is 5.11 Å². The van der Waals surface area contributed by atoms with Gasteiger partial charge in [0, 0.05) is 13.0 Å². The highest BCUT2D eigenvalue weighted by atomic mass is 16.3. The molecule has 0 aliphatic carbocycles. The predicted octanol–water partition coefficient (Wildman–Crippen LogP) is 2.16. The van der Waals surface area contributed by atoms with Crippen LogP contribution in [-0.4, -0.2) is 20.1 Å². The Morgan fingerprint density at radius 1 is 1.22 bits per heavy atom. The van der Waals surface area contributed by atoms with Gasteiger partial charge >= 0.3 is 0 Å². The van der Waals surface area contributed by atoms with Crippen LogP contribution in [0, 0.1) is 0 Å². The molecule has 0 saturated carbocycles. The van der Waals surface area contributed by atoms with E-state index in [1.165, 1.54) is 5.56 Å². The molecule has 2 rings (SSSR count). The summed E-state index contributed by atoms with van der Waals surface area (Å²) in [4.78, 5) is 0. The third-order valence-corrected chi connectivity index (χ3v) is 3.01. The van der Waals surface area contributed by atoms with Gasteiger partial charge in [-0.15, -0.1) is 5.10 Å². The van der Waals surface area contributed by atoms with E-state index in [0.29, 0.717) is 5.69 Å². The molecule has 1 N–H and O–H groups in total. The molecular weight excluding hydrogens is 226 g/mol. The Hall–Kier alpha value is -1.68. The summed E-state index contributed by atoms with van der Waals surface area (Å²) in [7, 11) is 0. The number of aliphatic hydroxyl groups excluding tert-OH is 1. The minimum Gasteiger partial charge on any atom is -0.390 e. The van der Waals surface area contributed by atoms with E-state index >= 15 is 0 Å². The largest absolute Gasteiger partial charge is 0.390 e. The molecule has 96 valence electrons. The van der Waals surface area contributed by atoms with Crippen molar-refractivity contribution in [3.63, 3.8) is 0 Å². The number of rotatable bonds is 6. The van der Waals surface area contributed by atoms with Gasteiger partial charge < -0.3 is 5.11 Å². The van der Waals surface area contributed by atoms with Crippen LogP contribution in [-0.2, 0) is 19.6 Å². The molecule has 0 amide bonds. The topological polar surface area (TPSA) is 50.9 Å². The van der Waals surface area contributed by atoms with Crippen LogP contribution in [0.2, 0.25) is 0 Å². The molecule has 18 heavy (non-hydrogen) atoms. The van der Waals surface area contributed by atoms with Crippen LogP contribution in [0.3, 0.4) is 0 Å². The lowest BCUT2D eigenvalue weighted by Gasteiger charge is -2.07. The van der Waals surface area contributed by atoms with E-state index in [0.717, 1.165) is 31.5 Å². The van der Waals surface area contributed by atoms with Crippen molar-refractivity contribution in [3.8, 4) is 0 Å². The number of benzene rings is 1. The van der Waals surface area contributed by atoms with Crippen molar-refractivity contribution in [2.45, 2.75) is 39.3 Å². The molecule has 0 aliphatic heterocycles. The molecular formula is C14H19N3O. The highest BCUT2D eigenvalue weighted by Crippen LogP contribution is 2.13. The molecule has 2 aromatic rings. The van der Waals surface area contributed by atoms with Crippen LogP contribution in [0.4, 0.5) is 0 Å². The van der Waals surface area contributed by atoms with E-state index in [1.54, 1.807) is 0 Å². The highest BCUT2D eigenvalue weighted by Gasteiger charge is 2.12. The standard InChI is InChI=1S/C14H19N3O/c1-2-3-9-17-14(13(11-18)15-16-17)10-12-7-5-4-6-8-12/h4-8,18H,2-3,9-11H2,1H3. The van der Waals surface area contributed by atoms with Gasteiger partial charge in [0.05, 0.1) is 12.3 Å². The smallest absolute Gasteiger partial charge is 0.112 e. The van der Waals surface area contributed by atoms with Gasteiger partial charge in [0.1, 0.15) is 5.69 Å². The summed E-state index contributed by atoms with van der Waals surface area (Å²) in [5.74, 6) is 0. The first kappa shape index (κ1) is 12.8. The zero-order chi connectivity index (χ0) is 12.8. The van der Waals surface area contributed by atoms with Gasteiger partial charge in [-0.05, 0) is 12.0 Å². The quantitative estimate of drug-likeness (QED) is 0.848. The first-order valence-electron chi connectivity index (χ1n) is 6.41. The third kappa shape index (κ3) is 2.96. The first-order valence-corrected chi connectivity index (χ1v) is 6.41. The van der Waals surface area contributed by atoms with Gasteiger partial charge in [-0.3, -0.25) is 0 Å². The van der Waals surface area contributed by atoms with E-state index in [-0.39, 0.29) is 6.61 Å². The van der Waals surface area contributed by atoms with Gasteiger partial charge in [-0.25, -0.2) is 4.68 Å². The van der Waals surface area contributed by atoms with E-state index in [4.69, 9.17) is 0 Å². The van der Waals surface area contributed by atoms with Gasteiger partial charge in [0.15, 0.2) is 0 Å². The summed E-state index contributed by atoms with van der Waals surface area (Å²) in [5, 5.41) is 17.5. The number of nitrogens with zero attached hydrogens (tertiary/aromatic N) is 3. The molecule has 0 atom stereocenters. The number of aliphatic hydroxyl groups is 1. The summed E-state index contributed by atoms with van der Waals surface area (Å²) in [5.41, 5.74) is 2.93. The van der Waals surface area contributed by atoms with Crippen LogP contribution < -0.4 is 0 Å². The molecule has 4 nitrogen and oxygen atoms in total. The van der Waals surface area contributed by atoms with Crippen molar-refractivity contribution in [3.05, 3.63) is 47.3 Å². The van der Waals surface area contributed by atoms with E-state index < -0.39 is 0 Å². The number of aromatic nitrogens is 3. The monoisotopic (exact) mass is 245 g/mol. The Labute approximate surface area is 107 Å². The van der Waals surface area contributed by atoms with E-state index in [9.17, 15) is 5.11 Å². The molecule has 1 aromatic heterocycles. The van der Waals surface area contributed by atoms with Crippen LogP contribution in [0.1, 0.15) is 36.7 Å².